The Bertz CT molecular complexity index is 3540. The van der Waals surface area contributed by atoms with Crippen molar-refractivity contribution in [2.45, 2.75) is 26.2 Å². The summed E-state index contributed by atoms with van der Waals surface area (Å²) in [5.41, 5.74) is 15.5. The average Bonchev–Trinajstić information content (AvgIpc) is 3.99. The smallest absolute Gasteiger partial charge is 0.220 e. The van der Waals surface area contributed by atoms with Crippen LogP contribution in [0.15, 0.2) is 158 Å². The molecule has 12 rings (SSSR count). The summed E-state index contributed by atoms with van der Waals surface area (Å²) in [6.45, 7) is 6.82. The first-order valence-electron chi connectivity index (χ1n) is 18.9. The van der Waals surface area contributed by atoms with Crippen molar-refractivity contribution in [3.8, 4) is 17.1 Å². The van der Waals surface area contributed by atoms with Crippen LogP contribution >= 0.6 is 0 Å². The van der Waals surface area contributed by atoms with Gasteiger partial charge in [-0.25, -0.2) is 9.97 Å². The molecular formula is C48H35N7. The molecule has 12 aromatic rings. The number of fused-ring (bicyclic) bond motifs is 13. The zero-order valence-electron chi connectivity index (χ0n) is 30.6. The summed E-state index contributed by atoms with van der Waals surface area (Å²) < 4.78 is 11.6. The quantitative estimate of drug-likeness (QED) is 0.183. The van der Waals surface area contributed by atoms with E-state index in [0.717, 1.165) is 83.8 Å². The third-order valence-corrected chi connectivity index (χ3v) is 11.4. The second-order valence-corrected chi connectivity index (χ2v) is 15.7. The number of benzene rings is 7. The number of rotatable bonds is 3. The monoisotopic (exact) mass is 709 g/mol. The van der Waals surface area contributed by atoms with Gasteiger partial charge < -0.3 is 4.57 Å². The molecule has 0 aliphatic heterocycles. The summed E-state index contributed by atoms with van der Waals surface area (Å²) in [6, 6.07) is 56.7. The molecule has 7 aromatic carbocycles. The lowest BCUT2D eigenvalue weighted by Gasteiger charge is -2.19. The van der Waals surface area contributed by atoms with Gasteiger partial charge in [-0.05, 0) is 95.9 Å². The first-order chi connectivity index (χ1) is 26.9. The highest BCUT2D eigenvalue weighted by molar-refractivity contribution is 6.10. The number of para-hydroxylation sites is 7. The van der Waals surface area contributed by atoms with Gasteiger partial charge in [-0.3, -0.25) is 17.9 Å². The van der Waals surface area contributed by atoms with E-state index in [2.05, 4.69) is 201 Å². The van der Waals surface area contributed by atoms with Crippen LogP contribution < -0.4 is 0 Å². The third kappa shape index (κ3) is 4.15. The summed E-state index contributed by atoms with van der Waals surface area (Å²) in [5, 5.41) is 2.42. The van der Waals surface area contributed by atoms with Crippen molar-refractivity contribution in [2.24, 2.45) is 0 Å². The molecule has 0 aliphatic carbocycles. The molecular weight excluding hydrogens is 675 g/mol. The maximum Gasteiger partial charge on any atom is 0.220 e. The van der Waals surface area contributed by atoms with Gasteiger partial charge in [0.25, 0.3) is 0 Å². The van der Waals surface area contributed by atoms with Gasteiger partial charge in [-0.15, -0.1) is 0 Å². The Morgan fingerprint density at radius 3 is 1.58 bits per heavy atom. The Morgan fingerprint density at radius 2 is 0.891 bits per heavy atom. The molecule has 0 saturated carbocycles. The first-order valence-corrected chi connectivity index (χ1v) is 18.9. The molecule has 0 amide bonds. The van der Waals surface area contributed by atoms with Gasteiger partial charge in [0.2, 0.25) is 11.6 Å². The Labute approximate surface area is 315 Å². The van der Waals surface area contributed by atoms with E-state index in [9.17, 15) is 0 Å². The van der Waals surface area contributed by atoms with Gasteiger partial charge in [-0.1, -0.05) is 93.6 Å². The molecule has 0 saturated heterocycles. The lowest BCUT2D eigenvalue weighted by Crippen LogP contribution is -2.11. The molecule has 0 spiro atoms. The van der Waals surface area contributed by atoms with Gasteiger partial charge in [-0.2, -0.15) is 0 Å². The number of aromatic nitrogens is 7. The molecule has 7 nitrogen and oxygen atoms in total. The van der Waals surface area contributed by atoms with Crippen molar-refractivity contribution in [3.63, 3.8) is 0 Å². The van der Waals surface area contributed by atoms with E-state index in [0.29, 0.717) is 0 Å². The molecule has 5 heterocycles. The molecule has 7 heteroatoms. The fourth-order valence-corrected chi connectivity index (χ4v) is 8.87. The summed E-state index contributed by atoms with van der Waals surface area (Å²) in [7, 11) is 0. The van der Waals surface area contributed by atoms with Crippen LogP contribution in [0.4, 0.5) is 0 Å². The molecule has 0 bridgehead atoms. The van der Waals surface area contributed by atoms with E-state index in [1.165, 1.54) is 16.3 Å². The average molecular weight is 710 g/mol. The lowest BCUT2D eigenvalue weighted by molar-refractivity contribution is 0.591. The summed E-state index contributed by atoms with van der Waals surface area (Å²) in [6.07, 6.45) is 0. The molecule has 0 atom stereocenters. The first kappa shape index (κ1) is 30.4. The highest BCUT2D eigenvalue weighted by atomic mass is 15.2. The number of imidazole rings is 4. The maximum atomic E-state index is 5.23. The minimum atomic E-state index is -0.00425. The van der Waals surface area contributed by atoms with Gasteiger partial charge in [0.1, 0.15) is 0 Å². The molecule has 0 N–H and O–H groups in total. The van der Waals surface area contributed by atoms with Crippen molar-refractivity contribution >= 4 is 77.5 Å². The topological polar surface area (TPSA) is 49.4 Å². The number of hydrogen-bond donors (Lipinski definition) is 0. The van der Waals surface area contributed by atoms with Crippen LogP contribution in [0.5, 0.6) is 0 Å². The van der Waals surface area contributed by atoms with Crippen LogP contribution in [-0.4, -0.2) is 32.5 Å². The fourth-order valence-electron chi connectivity index (χ4n) is 8.87. The fraction of sp³-hybridized carbons (Fsp3) is 0.0833. The van der Waals surface area contributed by atoms with Gasteiger partial charge in [0.15, 0.2) is 0 Å². The van der Waals surface area contributed by atoms with Crippen LogP contribution in [0.3, 0.4) is 0 Å². The number of nitrogens with zero attached hydrogens (tertiary/aromatic N) is 7. The Morgan fingerprint density at radius 1 is 0.364 bits per heavy atom. The van der Waals surface area contributed by atoms with E-state index in [4.69, 9.17) is 9.97 Å². The molecule has 55 heavy (non-hydrogen) atoms. The predicted octanol–water partition coefficient (Wildman–Crippen LogP) is 11.6. The standard InChI is InChI=1S/C48H35N7/c1-48(2,3)30-23-26-43-45(27-30)53(47-50-37-17-6-9-20-40(37)55(43)47)32-14-12-13-31(28-32)51-38-18-7-4-15-34(38)35-25-24-33(29-44(35)51)52-41-21-10-11-22-42(41)54-39-19-8-5-16-36(39)49-46(52)54/h4-29H,1-3H3. The molecule has 0 aliphatic rings. The van der Waals surface area contributed by atoms with Crippen molar-refractivity contribution in [2.75, 3.05) is 0 Å². The van der Waals surface area contributed by atoms with E-state index in [1.807, 2.05) is 0 Å². The Balaban J connectivity index is 1.13. The largest absolute Gasteiger partial charge is 0.309 e. The van der Waals surface area contributed by atoms with Gasteiger partial charge in [0, 0.05) is 16.5 Å². The van der Waals surface area contributed by atoms with Crippen LogP contribution in [0.1, 0.15) is 26.3 Å². The van der Waals surface area contributed by atoms with E-state index >= 15 is 0 Å². The third-order valence-electron chi connectivity index (χ3n) is 11.4. The van der Waals surface area contributed by atoms with Crippen LogP contribution in [0.25, 0.3) is 94.6 Å². The minimum Gasteiger partial charge on any atom is -0.309 e. The highest BCUT2D eigenvalue weighted by Gasteiger charge is 2.23. The van der Waals surface area contributed by atoms with Crippen LogP contribution in [0, 0.1) is 0 Å². The zero-order chi connectivity index (χ0) is 36.6. The summed E-state index contributed by atoms with van der Waals surface area (Å²) >= 11 is 0. The molecule has 0 radical (unpaired) electrons. The molecule has 0 fully saturated rings. The molecule has 0 unspecified atom stereocenters. The SMILES string of the molecule is CC(C)(C)c1ccc2c(c1)n(-c1cccc(-n3c4ccccc4c4ccc(-n5c6ccccc6n6c7ccccc7nc56)cc43)c1)c1nc3ccccc3n21. The minimum absolute atomic E-state index is 0.00425. The van der Waals surface area contributed by atoms with Crippen molar-refractivity contribution in [1.82, 2.24) is 32.5 Å². The predicted molar refractivity (Wildman–Crippen MR) is 226 cm³/mol. The Hall–Kier alpha value is -7.12. The lowest BCUT2D eigenvalue weighted by atomic mass is 9.87. The van der Waals surface area contributed by atoms with Gasteiger partial charge in [0.05, 0.1) is 66.5 Å². The zero-order valence-corrected chi connectivity index (χ0v) is 30.6. The Kier molecular flexibility index (Phi) is 5.92. The number of hydrogen-bond acceptors (Lipinski definition) is 2. The van der Waals surface area contributed by atoms with E-state index in [1.54, 1.807) is 0 Å². The molecule has 5 aromatic heterocycles. The van der Waals surface area contributed by atoms with Crippen molar-refractivity contribution in [1.29, 1.82) is 0 Å². The van der Waals surface area contributed by atoms with Crippen molar-refractivity contribution in [3.05, 3.63) is 163 Å². The highest BCUT2D eigenvalue weighted by Crippen LogP contribution is 2.38. The van der Waals surface area contributed by atoms with E-state index in [-0.39, 0.29) is 5.41 Å². The summed E-state index contributed by atoms with van der Waals surface area (Å²) in [5.74, 6) is 1.80. The van der Waals surface area contributed by atoms with Crippen molar-refractivity contribution < 1.29 is 0 Å². The van der Waals surface area contributed by atoms with Gasteiger partial charge >= 0.3 is 0 Å². The normalized spacial score (nSPS) is 12.6. The molecule has 262 valence electrons. The van der Waals surface area contributed by atoms with Crippen LogP contribution in [0.2, 0.25) is 0 Å². The maximum absolute atomic E-state index is 5.23. The second-order valence-electron chi connectivity index (χ2n) is 15.7. The van der Waals surface area contributed by atoms with E-state index < -0.39 is 0 Å². The summed E-state index contributed by atoms with van der Waals surface area (Å²) in [4.78, 5) is 10.4. The van der Waals surface area contributed by atoms with Crippen LogP contribution in [-0.2, 0) is 5.41 Å². The second kappa shape index (κ2) is 10.7.